The quantitative estimate of drug-likeness (QED) is 0.849. The van der Waals surface area contributed by atoms with Crippen LogP contribution in [0.15, 0.2) is 6.20 Å². The number of hydrogen-bond donors (Lipinski definition) is 2. The van der Waals surface area contributed by atoms with E-state index in [0.717, 1.165) is 0 Å². The fraction of sp³-hybridized carbons (Fsp3) is 0.714. The number of ether oxygens (including phenoxy) is 1. The lowest BCUT2D eigenvalue weighted by molar-refractivity contribution is -0.175. The molecule has 0 unspecified atom stereocenters. The maximum absolute atomic E-state index is 12.5. The van der Waals surface area contributed by atoms with Gasteiger partial charge in [-0.1, -0.05) is 0 Å². The van der Waals surface area contributed by atoms with Gasteiger partial charge in [0.15, 0.2) is 0 Å². The maximum atomic E-state index is 12.5. The molecule has 1 aliphatic heterocycles. The van der Waals surface area contributed by atoms with Crippen LogP contribution in [0.1, 0.15) is 19.8 Å². The summed E-state index contributed by atoms with van der Waals surface area (Å²) in [6.07, 6.45) is -3.07. The van der Waals surface area contributed by atoms with Gasteiger partial charge in [0, 0.05) is 26.7 Å². The number of aryl methyl sites for hydroxylation is 1. The van der Waals surface area contributed by atoms with E-state index in [9.17, 15) is 18.0 Å². The first-order chi connectivity index (χ1) is 11.2. The van der Waals surface area contributed by atoms with Crippen LogP contribution in [0.25, 0.3) is 0 Å². The molecule has 0 aromatic carbocycles. The molecule has 1 aliphatic rings. The molecule has 0 bridgehead atoms. The molecule has 0 aliphatic carbocycles. The molecule has 2 heterocycles. The van der Waals surface area contributed by atoms with E-state index in [0.29, 0.717) is 44.0 Å². The van der Waals surface area contributed by atoms with Crippen LogP contribution < -0.4 is 16.0 Å². The summed E-state index contributed by atoms with van der Waals surface area (Å²) in [5, 5.41) is 6.14. The molecule has 0 radical (unpaired) electrons. The highest BCUT2D eigenvalue weighted by molar-refractivity contribution is 5.82. The van der Waals surface area contributed by atoms with E-state index in [-0.39, 0.29) is 0 Å². The molecule has 10 heteroatoms. The second kappa shape index (κ2) is 7.29. The average molecular weight is 349 g/mol. The lowest BCUT2D eigenvalue weighted by Gasteiger charge is -2.25. The van der Waals surface area contributed by atoms with Crippen molar-refractivity contribution in [3.8, 4) is 0 Å². The van der Waals surface area contributed by atoms with Gasteiger partial charge in [-0.2, -0.15) is 18.3 Å². The number of alkyl halides is 3. The molecule has 1 fully saturated rings. The van der Waals surface area contributed by atoms with Crippen molar-refractivity contribution < 1.29 is 22.7 Å². The van der Waals surface area contributed by atoms with Crippen LogP contribution in [-0.2, 0) is 16.6 Å². The Morgan fingerprint density at radius 2 is 2.12 bits per heavy atom. The molecule has 0 saturated carbocycles. The number of nitrogens with zero attached hydrogens (tertiary/aromatic N) is 3. The monoisotopic (exact) mass is 349 g/mol. The number of amides is 1. The van der Waals surface area contributed by atoms with Crippen molar-refractivity contribution in [2.24, 2.45) is 7.05 Å². The van der Waals surface area contributed by atoms with Gasteiger partial charge in [-0.15, -0.1) is 0 Å². The Morgan fingerprint density at radius 3 is 2.67 bits per heavy atom. The highest BCUT2D eigenvalue weighted by Crippen LogP contribution is 2.26. The first kappa shape index (κ1) is 18.4. The molecule has 2 atom stereocenters. The number of nitrogens with two attached hydrogens (primary N) is 1. The average Bonchev–Trinajstić information content (AvgIpc) is 2.71. The maximum Gasteiger partial charge on any atom is 0.471 e. The zero-order valence-corrected chi connectivity index (χ0v) is 13.6. The van der Waals surface area contributed by atoms with Crippen molar-refractivity contribution in [2.45, 2.75) is 38.1 Å². The highest BCUT2D eigenvalue weighted by Gasteiger charge is 2.41. The summed E-state index contributed by atoms with van der Waals surface area (Å²) in [5.74, 6) is -1.22. The highest BCUT2D eigenvalue weighted by atomic mass is 19.4. The Hall–Kier alpha value is -1.97. The number of anilines is 2. The lowest BCUT2D eigenvalue weighted by Crippen LogP contribution is -2.49. The topological polar surface area (TPSA) is 85.4 Å². The van der Waals surface area contributed by atoms with E-state index >= 15 is 0 Å². The van der Waals surface area contributed by atoms with Crippen molar-refractivity contribution >= 4 is 17.4 Å². The van der Waals surface area contributed by atoms with E-state index in [2.05, 4.69) is 10.4 Å². The Morgan fingerprint density at radius 1 is 1.46 bits per heavy atom. The second-order valence-electron chi connectivity index (χ2n) is 5.68. The number of rotatable bonds is 4. The zero-order valence-electron chi connectivity index (χ0n) is 13.6. The minimum Gasteiger partial charge on any atom is -0.394 e. The van der Waals surface area contributed by atoms with Crippen LogP contribution in [0.5, 0.6) is 0 Å². The smallest absolute Gasteiger partial charge is 0.394 e. The van der Waals surface area contributed by atoms with Gasteiger partial charge < -0.3 is 20.7 Å². The van der Waals surface area contributed by atoms with Crippen molar-refractivity contribution in [3.05, 3.63) is 6.20 Å². The Balaban J connectivity index is 2.13. The summed E-state index contributed by atoms with van der Waals surface area (Å²) in [6, 6.07) is -0.710. The number of hydrogen-bond acceptors (Lipinski definition) is 5. The zero-order chi connectivity index (χ0) is 17.9. The van der Waals surface area contributed by atoms with Gasteiger partial charge in [0.25, 0.3) is 0 Å². The summed E-state index contributed by atoms with van der Waals surface area (Å²) in [7, 11) is 1.75. The number of nitrogens with one attached hydrogen (secondary N) is 1. The van der Waals surface area contributed by atoms with E-state index in [4.69, 9.17) is 10.5 Å². The molecule has 136 valence electrons. The molecule has 0 spiro atoms. The van der Waals surface area contributed by atoms with Crippen molar-refractivity contribution in [1.29, 1.82) is 0 Å². The van der Waals surface area contributed by atoms with Crippen LogP contribution in [-0.4, -0.2) is 53.7 Å². The summed E-state index contributed by atoms with van der Waals surface area (Å²) in [5.41, 5.74) is 6.42. The molecule has 1 saturated heterocycles. The molecule has 2 rings (SSSR count). The SMILES string of the molecule is CCO[C@H]1CCN(c2c(N)cnn2C)CC[C@H]1NC(=O)C(F)(F)F. The lowest BCUT2D eigenvalue weighted by atomic mass is 10.1. The predicted octanol–water partition coefficient (Wildman–Crippen LogP) is 1.05. The Kier molecular flexibility index (Phi) is 5.58. The second-order valence-corrected chi connectivity index (χ2v) is 5.68. The van der Waals surface area contributed by atoms with Crippen molar-refractivity contribution in [3.63, 3.8) is 0 Å². The molecular formula is C14H22F3N5O2. The fourth-order valence-electron chi connectivity index (χ4n) is 2.95. The molecule has 3 N–H and O–H groups in total. The van der Waals surface area contributed by atoms with E-state index < -0.39 is 24.2 Å². The standard InChI is InChI=1S/C14H22F3N5O2/c1-3-24-11-5-7-22(12-9(18)8-19-21(12)2)6-4-10(11)20-13(23)14(15,16)17/h8,10-11H,3-7,18H2,1-2H3,(H,20,23)/t10-,11+/m1/s1. The van der Waals surface area contributed by atoms with Crippen molar-refractivity contribution in [1.82, 2.24) is 15.1 Å². The first-order valence-electron chi connectivity index (χ1n) is 7.75. The fourth-order valence-corrected chi connectivity index (χ4v) is 2.95. The van der Waals surface area contributed by atoms with Crippen LogP contribution in [0.3, 0.4) is 0 Å². The normalized spacial score (nSPS) is 22.3. The first-order valence-corrected chi connectivity index (χ1v) is 7.75. The summed E-state index contributed by atoms with van der Waals surface area (Å²) >= 11 is 0. The van der Waals surface area contributed by atoms with E-state index in [1.54, 1.807) is 18.7 Å². The number of nitrogen functional groups attached to an aromatic ring is 1. The number of halogens is 3. The van der Waals surface area contributed by atoms with Crippen LogP contribution in [0.2, 0.25) is 0 Å². The predicted molar refractivity (Wildman–Crippen MR) is 82.5 cm³/mol. The van der Waals surface area contributed by atoms with Gasteiger partial charge in [0.2, 0.25) is 0 Å². The third-order valence-electron chi connectivity index (χ3n) is 4.03. The van der Waals surface area contributed by atoms with Crippen LogP contribution >= 0.6 is 0 Å². The Bertz CT molecular complexity index is 556. The molecule has 1 amide bonds. The number of carbonyl (C=O) groups is 1. The molecule has 1 aromatic rings. The number of aromatic nitrogens is 2. The molecular weight excluding hydrogens is 327 g/mol. The molecule has 7 nitrogen and oxygen atoms in total. The van der Waals surface area contributed by atoms with Gasteiger partial charge in [0.1, 0.15) is 5.82 Å². The minimum absolute atomic E-state index is 0.317. The Labute approximate surface area is 137 Å². The summed E-state index contributed by atoms with van der Waals surface area (Å²) in [4.78, 5) is 13.2. The van der Waals surface area contributed by atoms with Gasteiger partial charge in [-0.25, -0.2) is 0 Å². The van der Waals surface area contributed by atoms with Crippen LogP contribution in [0.4, 0.5) is 24.7 Å². The summed E-state index contributed by atoms with van der Waals surface area (Å²) < 4.78 is 44.8. The minimum atomic E-state index is -4.91. The van der Waals surface area contributed by atoms with Gasteiger partial charge in [-0.3, -0.25) is 9.48 Å². The molecule has 1 aromatic heterocycles. The van der Waals surface area contributed by atoms with Gasteiger partial charge >= 0.3 is 12.1 Å². The van der Waals surface area contributed by atoms with Gasteiger partial charge in [-0.05, 0) is 19.8 Å². The third kappa shape index (κ3) is 4.11. The van der Waals surface area contributed by atoms with E-state index in [1.165, 1.54) is 6.20 Å². The van der Waals surface area contributed by atoms with Gasteiger partial charge in [0.05, 0.1) is 24.0 Å². The molecule has 24 heavy (non-hydrogen) atoms. The van der Waals surface area contributed by atoms with E-state index in [1.807, 2.05) is 4.90 Å². The summed E-state index contributed by atoms with van der Waals surface area (Å²) in [6.45, 7) is 3.12. The number of carbonyl (C=O) groups excluding carboxylic acids is 1. The third-order valence-corrected chi connectivity index (χ3v) is 4.03. The largest absolute Gasteiger partial charge is 0.471 e. The van der Waals surface area contributed by atoms with Crippen LogP contribution in [0, 0.1) is 0 Å². The van der Waals surface area contributed by atoms with Crippen molar-refractivity contribution in [2.75, 3.05) is 30.3 Å².